The summed E-state index contributed by atoms with van der Waals surface area (Å²) in [6, 6.07) is 0. The summed E-state index contributed by atoms with van der Waals surface area (Å²) < 4.78 is 4.94. The number of aliphatic hydroxyl groups excluding tert-OH is 4. The van der Waals surface area contributed by atoms with Crippen LogP contribution in [0, 0.1) is 0 Å². The molecule has 0 bridgehead atoms. The lowest BCUT2D eigenvalue weighted by molar-refractivity contribution is -0.258. The summed E-state index contributed by atoms with van der Waals surface area (Å²) in [4.78, 5) is 0. The Hall–Kier alpha value is -0.280. The minimum Gasteiger partial charge on any atom is -0.394 e. The normalized spacial score (nSPS) is 44.0. The molecule has 0 radical (unpaired) electrons. The molecule has 0 aromatic rings. The SMILES string of the molecule is CC(O)N[C@@]1(O)CO[C@H](CO)[C@@H](O)[C@@H]1O. The topological polar surface area (TPSA) is 122 Å². The smallest absolute Gasteiger partial charge is 0.170 e. The van der Waals surface area contributed by atoms with Crippen LogP contribution in [0.4, 0.5) is 0 Å². The molecule has 15 heavy (non-hydrogen) atoms. The van der Waals surface area contributed by atoms with Gasteiger partial charge in [-0.05, 0) is 6.92 Å². The average molecular weight is 223 g/mol. The van der Waals surface area contributed by atoms with Crippen LogP contribution in [0.1, 0.15) is 6.92 Å². The Labute approximate surface area is 86.9 Å². The van der Waals surface area contributed by atoms with Gasteiger partial charge in [0.1, 0.15) is 24.5 Å². The molecule has 0 aromatic heterocycles. The van der Waals surface area contributed by atoms with E-state index in [-0.39, 0.29) is 6.61 Å². The first kappa shape index (κ1) is 12.8. The molecular formula is C8H17NO6. The first-order valence-corrected chi connectivity index (χ1v) is 4.67. The maximum Gasteiger partial charge on any atom is 0.170 e. The molecule has 0 amide bonds. The molecule has 7 heteroatoms. The summed E-state index contributed by atoms with van der Waals surface area (Å²) in [7, 11) is 0. The number of hydrogen-bond acceptors (Lipinski definition) is 7. The molecule has 1 heterocycles. The van der Waals surface area contributed by atoms with E-state index < -0.39 is 36.9 Å². The molecule has 1 aliphatic rings. The Kier molecular flexibility index (Phi) is 4.01. The summed E-state index contributed by atoms with van der Waals surface area (Å²) in [6.45, 7) is 0.569. The summed E-state index contributed by atoms with van der Waals surface area (Å²) in [5.74, 6) is 0. The van der Waals surface area contributed by atoms with Crippen LogP contribution < -0.4 is 5.32 Å². The Bertz CT molecular complexity index is 213. The van der Waals surface area contributed by atoms with Crippen molar-refractivity contribution in [1.29, 1.82) is 0 Å². The van der Waals surface area contributed by atoms with Gasteiger partial charge in [-0.1, -0.05) is 0 Å². The summed E-state index contributed by atoms with van der Waals surface area (Å²) in [5, 5.41) is 48.9. The number of hydrogen-bond donors (Lipinski definition) is 6. The molecule has 90 valence electrons. The van der Waals surface area contributed by atoms with Crippen LogP contribution in [0.3, 0.4) is 0 Å². The minimum absolute atomic E-state index is 0.332. The van der Waals surface area contributed by atoms with Crippen LogP contribution in [0.2, 0.25) is 0 Å². The monoisotopic (exact) mass is 223 g/mol. The van der Waals surface area contributed by atoms with Gasteiger partial charge in [-0.3, -0.25) is 5.32 Å². The molecule has 0 spiro atoms. The van der Waals surface area contributed by atoms with E-state index in [1.165, 1.54) is 6.92 Å². The van der Waals surface area contributed by atoms with E-state index >= 15 is 0 Å². The first-order valence-electron chi connectivity index (χ1n) is 4.67. The lowest BCUT2D eigenvalue weighted by Crippen LogP contribution is -2.69. The van der Waals surface area contributed by atoms with Crippen LogP contribution in [-0.4, -0.2) is 69.0 Å². The number of rotatable bonds is 3. The molecule has 0 aromatic carbocycles. The van der Waals surface area contributed by atoms with Gasteiger partial charge in [0.15, 0.2) is 5.72 Å². The lowest BCUT2D eigenvalue weighted by Gasteiger charge is -2.43. The predicted molar refractivity (Wildman–Crippen MR) is 48.6 cm³/mol. The van der Waals surface area contributed by atoms with E-state index in [1.807, 2.05) is 0 Å². The Balaban J connectivity index is 2.70. The first-order chi connectivity index (χ1) is 6.90. The van der Waals surface area contributed by atoms with E-state index in [0.29, 0.717) is 0 Å². The second-order valence-electron chi connectivity index (χ2n) is 3.71. The van der Waals surface area contributed by atoms with Crippen molar-refractivity contribution in [3.05, 3.63) is 0 Å². The fourth-order valence-electron chi connectivity index (χ4n) is 1.55. The Morgan fingerprint density at radius 1 is 1.53 bits per heavy atom. The Morgan fingerprint density at radius 2 is 2.13 bits per heavy atom. The lowest BCUT2D eigenvalue weighted by atomic mass is 9.95. The molecular weight excluding hydrogens is 206 g/mol. The van der Waals surface area contributed by atoms with Crippen molar-refractivity contribution in [3.8, 4) is 0 Å². The fourth-order valence-corrected chi connectivity index (χ4v) is 1.55. The van der Waals surface area contributed by atoms with Crippen LogP contribution in [0.5, 0.6) is 0 Å². The van der Waals surface area contributed by atoms with Crippen molar-refractivity contribution in [2.24, 2.45) is 0 Å². The highest BCUT2D eigenvalue weighted by Gasteiger charge is 2.48. The highest BCUT2D eigenvalue weighted by Crippen LogP contribution is 2.22. The van der Waals surface area contributed by atoms with Crippen LogP contribution >= 0.6 is 0 Å². The van der Waals surface area contributed by atoms with E-state index in [9.17, 15) is 15.3 Å². The van der Waals surface area contributed by atoms with Gasteiger partial charge in [0.25, 0.3) is 0 Å². The maximum absolute atomic E-state index is 9.81. The molecule has 1 unspecified atom stereocenters. The van der Waals surface area contributed by atoms with E-state index in [0.717, 1.165) is 0 Å². The van der Waals surface area contributed by atoms with E-state index in [2.05, 4.69) is 5.32 Å². The Morgan fingerprint density at radius 3 is 2.60 bits per heavy atom. The number of nitrogens with one attached hydrogen (secondary N) is 1. The molecule has 1 fully saturated rings. The number of aliphatic hydroxyl groups is 5. The van der Waals surface area contributed by atoms with Crippen molar-refractivity contribution < 1.29 is 30.3 Å². The van der Waals surface area contributed by atoms with Gasteiger partial charge in [-0.15, -0.1) is 0 Å². The minimum atomic E-state index is -1.92. The van der Waals surface area contributed by atoms with Crippen molar-refractivity contribution in [2.45, 2.75) is 37.2 Å². The largest absolute Gasteiger partial charge is 0.394 e. The van der Waals surface area contributed by atoms with Gasteiger partial charge in [-0.25, -0.2) is 0 Å². The van der Waals surface area contributed by atoms with Crippen molar-refractivity contribution in [1.82, 2.24) is 5.32 Å². The third-order valence-corrected chi connectivity index (χ3v) is 2.35. The van der Waals surface area contributed by atoms with Crippen molar-refractivity contribution in [2.75, 3.05) is 13.2 Å². The summed E-state index contributed by atoms with van der Waals surface area (Å²) >= 11 is 0. The second kappa shape index (κ2) is 4.71. The van der Waals surface area contributed by atoms with E-state index in [1.54, 1.807) is 0 Å². The zero-order chi connectivity index (χ0) is 11.6. The highest BCUT2D eigenvalue weighted by atomic mass is 16.5. The van der Waals surface area contributed by atoms with E-state index in [4.69, 9.17) is 14.9 Å². The number of ether oxygens (including phenoxy) is 1. The third kappa shape index (κ3) is 2.64. The van der Waals surface area contributed by atoms with Gasteiger partial charge in [0.05, 0.1) is 13.2 Å². The molecule has 5 atom stereocenters. The summed E-state index contributed by atoms with van der Waals surface area (Å²) in [6.07, 6.45) is -4.96. The second-order valence-corrected chi connectivity index (χ2v) is 3.71. The van der Waals surface area contributed by atoms with Crippen LogP contribution in [0.25, 0.3) is 0 Å². The van der Waals surface area contributed by atoms with Crippen LogP contribution in [0.15, 0.2) is 0 Å². The average Bonchev–Trinajstić information content (AvgIpc) is 2.14. The van der Waals surface area contributed by atoms with Gasteiger partial charge in [0.2, 0.25) is 0 Å². The molecule has 7 nitrogen and oxygen atoms in total. The predicted octanol–water partition coefficient (Wildman–Crippen LogP) is -3.28. The molecule has 0 saturated carbocycles. The van der Waals surface area contributed by atoms with Crippen LogP contribution in [-0.2, 0) is 4.74 Å². The molecule has 1 saturated heterocycles. The quantitative estimate of drug-likeness (QED) is 0.277. The van der Waals surface area contributed by atoms with Gasteiger partial charge in [-0.2, -0.15) is 0 Å². The third-order valence-electron chi connectivity index (χ3n) is 2.35. The summed E-state index contributed by atoms with van der Waals surface area (Å²) in [5.41, 5.74) is -1.92. The van der Waals surface area contributed by atoms with Gasteiger partial charge < -0.3 is 30.3 Å². The maximum atomic E-state index is 9.81. The van der Waals surface area contributed by atoms with Crippen molar-refractivity contribution >= 4 is 0 Å². The highest BCUT2D eigenvalue weighted by molar-refractivity contribution is 4.96. The van der Waals surface area contributed by atoms with Crippen molar-refractivity contribution in [3.63, 3.8) is 0 Å². The zero-order valence-electron chi connectivity index (χ0n) is 8.37. The molecule has 1 aliphatic heterocycles. The fraction of sp³-hybridized carbons (Fsp3) is 1.00. The molecule has 1 rings (SSSR count). The van der Waals surface area contributed by atoms with Gasteiger partial charge >= 0.3 is 0 Å². The molecule has 6 N–H and O–H groups in total. The standard InChI is InChI=1S/C8H17NO6/c1-4(11)9-8(14)3-15-5(2-10)6(12)7(8)13/h4-7,9-14H,2-3H2,1H3/t4?,5-,6-,7+,8-/m1/s1. The van der Waals surface area contributed by atoms with Gasteiger partial charge in [0, 0.05) is 0 Å². The zero-order valence-corrected chi connectivity index (χ0v) is 8.37. The molecule has 0 aliphatic carbocycles.